The van der Waals surface area contributed by atoms with Gasteiger partial charge >= 0.3 is 0 Å². The Morgan fingerprint density at radius 1 is 1.44 bits per heavy atom. The average molecular weight is 127 g/mol. The molecule has 0 unspecified atom stereocenters. The van der Waals surface area contributed by atoms with Gasteiger partial charge in [-0.15, -0.1) is 0 Å². The van der Waals surface area contributed by atoms with Crippen molar-refractivity contribution in [3.63, 3.8) is 0 Å². The van der Waals surface area contributed by atoms with Crippen LogP contribution in [0.4, 0.5) is 0 Å². The highest BCUT2D eigenvalue weighted by atomic mass is 14.8. The summed E-state index contributed by atoms with van der Waals surface area (Å²) >= 11 is 0. The maximum Gasteiger partial charge on any atom is 0.00277 e. The summed E-state index contributed by atoms with van der Waals surface area (Å²) in [5.74, 6) is 0. The Morgan fingerprint density at radius 2 is 1.89 bits per heavy atom. The maximum atomic E-state index is 3.57. The first-order chi connectivity index (χ1) is 4.31. The van der Waals surface area contributed by atoms with Crippen molar-refractivity contribution in [1.82, 2.24) is 5.32 Å². The van der Waals surface area contributed by atoms with E-state index in [0.29, 0.717) is 0 Å². The SMILES string of the molecule is C=C/C(C)=C\NC.CC. The average Bonchev–Trinajstić information content (AvgIpc) is 1.93. The molecule has 0 bridgehead atoms. The van der Waals surface area contributed by atoms with Gasteiger partial charge in [0.15, 0.2) is 0 Å². The summed E-state index contributed by atoms with van der Waals surface area (Å²) < 4.78 is 0. The molecule has 0 heterocycles. The summed E-state index contributed by atoms with van der Waals surface area (Å²) in [6.45, 7) is 9.56. The third-order valence-electron chi connectivity index (χ3n) is 0.694. The van der Waals surface area contributed by atoms with Crippen molar-refractivity contribution in [3.05, 3.63) is 24.4 Å². The van der Waals surface area contributed by atoms with E-state index in [1.54, 1.807) is 6.08 Å². The molecule has 0 saturated heterocycles. The lowest BCUT2D eigenvalue weighted by Gasteiger charge is -1.87. The molecule has 0 atom stereocenters. The highest BCUT2D eigenvalue weighted by Gasteiger charge is 1.70. The molecule has 0 aliphatic carbocycles. The molecule has 0 spiro atoms. The predicted octanol–water partition coefficient (Wildman–Crippen LogP) is 2.32. The minimum Gasteiger partial charge on any atom is -0.394 e. The monoisotopic (exact) mass is 127 g/mol. The maximum absolute atomic E-state index is 3.57. The molecule has 1 heteroatoms. The Labute approximate surface area is 58.5 Å². The van der Waals surface area contributed by atoms with Gasteiger partial charge in [0.1, 0.15) is 0 Å². The first kappa shape index (κ1) is 11.1. The Balaban J connectivity index is 0. The zero-order valence-corrected chi connectivity index (χ0v) is 6.86. The molecule has 0 fully saturated rings. The number of hydrogen-bond donors (Lipinski definition) is 1. The van der Waals surface area contributed by atoms with E-state index in [9.17, 15) is 0 Å². The van der Waals surface area contributed by atoms with Crippen molar-refractivity contribution in [2.75, 3.05) is 7.05 Å². The number of rotatable bonds is 2. The largest absolute Gasteiger partial charge is 0.394 e. The number of nitrogens with one attached hydrogen (secondary N) is 1. The molecule has 54 valence electrons. The van der Waals surface area contributed by atoms with Crippen LogP contribution in [0.1, 0.15) is 20.8 Å². The third-order valence-corrected chi connectivity index (χ3v) is 0.694. The van der Waals surface area contributed by atoms with Gasteiger partial charge in [0, 0.05) is 7.05 Å². The lowest BCUT2D eigenvalue weighted by atomic mass is 10.3. The van der Waals surface area contributed by atoms with Crippen LogP contribution >= 0.6 is 0 Å². The van der Waals surface area contributed by atoms with Crippen molar-refractivity contribution in [1.29, 1.82) is 0 Å². The lowest BCUT2D eigenvalue weighted by molar-refractivity contribution is 1.08. The Morgan fingerprint density at radius 3 is 2.00 bits per heavy atom. The highest BCUT2D eigenvalue weighted by molar-refractivity contribution is 5.10. The van der Waals surface area contributed by atoms with E-state index in [2.05, 4.69) is 11.9 Å². The van der Waals surface area contributed by atoms with Gasteiger partial charge in [0.2, 0.25) is 0 Å². The fraction of sp³-hybridized carbons (Fsp3) is 0.500. The van der Waals surface area contributed by atoms with Crippen LogP contribution < -0.4 is 5.32 Å². The van der Waals surface area contributed by atoms with E-state index >= 15 is 0 Å². The molecule has 0 aliphatic heterocycles. The summed E-state index contributed by atoms with van der Waals surface area (Å²) in [5.41, 5.74) is 1.16. The Kier molecular flexibility index (Phi) is 12.7. The third kappa shape index (κ3) is 11.1. The smallest absolute Gasteiger partial charge is 0.00277 e. The second-order valence-corrected chi connectivity index (χ2v) is 1.38. The molecule has 0 aromatic heterocycles. The minimum absolute atomic E-state index is 1.16. The van der Waals surface area contributed by atoms with Gasteiger partial charge < -0.3 is 5.32 Å². The molecular formula is C8H17N. The van der Waals surface area contributed by atoms with Crippen LogP contribution in [0.25, 0.3) is 0 Å². The van der Waals surface area contributed by atoms with Crippen molar-refractivity contribution in [2.45, 2.75) is 20.8 Å². The van der Waals surface area contributed by atoms with E-state index < -0.39 is 0 Å². The molecule has 0 saturated carbocycles. The molecule has 0 aromatic carbocycles. The summed E-state index contributed by atoms with van der Waals surface area (Å²) in [7, 11) is 1.87. The standard InChI is InChI=1S/C6H11N.C2H6/c1-4-6(2)5-7-3;1-2/h4-5,7H,1H2,2-3H3;1-2H3/b6-5-;. The van der Waals surface area contributed by atoms with E-state index in [0.717, 1.165) is 5.57 Å². The molecular weight excluding hydrogens is 110 g/mol. The van der Waals surface area contributed by atoms with E-state index in [4.69, 9.17) is 0 Å². The fourth-order valence-corrected chi connectivity index (χ4v) is 0.287. The fourth-order valence-electron chi connectivity index (χ4n) is 0.287. The second kappa shape index (κ2) is 10.3. The lowest BCUT2D eigenvalue weighted by Crippen LogP contribution is -1.92. The predicted molar refractivity (Wildman–Crippen MR) is 44.4 cm³/mol. The van der Waals surface area contributed by atoms with Gasteiger partial charge in [-0.2, -0.15) is 0 Å². The van der Waals surface area contributed by atoms with Gasteiger partial charge in [0.05, 0.1) is 0 Å². The van der Waals surface area contributed by atoms with Gasteiger partial charge in [-0.3, -0.25) is 0 Å². The summed E-state index contributed by atoms with van der Waals surface area (Å²) in [5, 5.41) is 2.89. The molecule has 9 heavy (non-hydrogen) atoms. The van der Waals surface area contributed by atoms with Crippen LogP contribution in [0.3, 0.4) is 0 Å². The first-order valence-electron chi connectivity index (χ1n) is 3.27. The summed E-state index contributed by atoms with van der Waals surface area (Å²) in [6.07, 6.45) is 3.70. The number of allylic oxidation sites excluding steroid dienone is 2. The van der Waals surface area contributed by atoms with Crippen LogP contribution in [0, 0.1) is 0 Å². The van der Waals surface area contributed by atoms with Crippen LogP contribution in [0.15, 0.2) is 24.4 Å². The van der Waals surface area contributed by atoms with Crippen molar-refractivity contribution in [3.8, 4) is 0 Å². The highest BCUT2D eigenvalue weighted by Crippen LogP contribution is 1.86. The van der Waals surface area contributed by atoms with Gasteiger partial charge in [0.25, 0.3) is 0 Å². The molecule has 0 amide bonds. The quantitative estimate of drug-likeness (QED) is 0.561. The molecule has 0 radical (unpaired) electrons. The molecule has 0 rings (SSSR count). The normalized spacial score (nSPS) is 9.11. The minimum atomic E-state index is 1.16. The van der Waals surface area contributed by atoms with Crippen LogP contribution in [-0.2, 0) is 0 Å². The van der Waals surface area contributed by atoms with Gasteiger partial charge in [-0.1, -0.05) is 26.5 Å². The molecule has 0 aromatic rings. The van der Waals surface area contributed by atoms with Gasteiger partial charge in [-0.05, 0) is 18.7 Å². The summed E-state index contributed by atoms with van der Waals surface area (Å²) in [6, 6.07) is 0. The molecule has 0 aliphatic rings. The van der Waals surface area contributed by atoms with Crippen LogP contribution in [-0.4, -0.2) is 7.05 Å². The number of hydrogen-bond acceptors (Lipinski definition) is 1. The Bertz CT molecular complexity index is 82.6. The van der Waals surface area contributed by atoms with Crippen LogP contribution in [0.2, 0.25) is 0 Å². The second-order valence-electron chi connectivity index (χ2n) is 1.38. The van der Waals surface area contributed by atoms with Crippen LogP contribution in [0.5, 0.6) is 0 Å². The first-order valence-corrected chi connectivity index (χ1v) is 3.27. The van der Waals surface area contributed by atoms with Crippen molar-refractivity contribution < 1.29 is 0 Å². The van der Waals surface area contributed by atoms with Crippen molar-refractivity contribution in [2.24, 2.45) is 0 Å². The topological polar surface area (TPSA) is 12.0 Å². The van der Waals surface area contributed by atoms with Crippen molar-refractivity contribution >= 4 is 0 Å². The molecule has 1 nitrogen and oxygen atoms in total. The zero-order chi connectivity index (χ0) is 7.70. The van der Waals surface area contributed by atoms with E-state index in [1.165, 1.54) is 0 Å². The van der Waals surface area contributed by atoms with E-state index in [1.807, 2.05) is 34.0 Å². The van der Waals surface area contributed by atoms with Gasteiger partial charge in [-0.25, -0.2) is 0 Å². The zero-order valence-electron chi connectivity index (χ0n) is 6.86. The summed E-state index contributed by atoms with van der Waals surface area (Å²) in [4.78, 5) is 0. The molecule has 1 N–H and O–H groups in total. The van der Waals surface area contributed by atoms with E-state index in [-0.39, 0.29) is 0 Å². The Hall–Kier alpha value is -0.720.